The number of benzene rings is 2. The van der Waals surface area contributed by atoms with Crippen LogP contribution in [0.15, 0.2) is 42.5 Å². The Hall–Kier alpha value is -2.20. The third-order valence-electron chi connectivity index (χ3n) is 5.99. The van der Waals surface area contributed by atoms with Gasteiger partial charge in [0.15, 0.2) is 0 Å². The molecule has 2 aromatic carbocycles. The molecule has 0 aliphatic carbocycles. The predicted octanol–water partition coefficient (Wildman–Crippen LogP) is 3.50. The Balaban J connectivity index is 1.56. The van der Waals surface area contributed by atoms with Crippen molar-refractivity contribution in [3.63, 3.8) is 0 Å². The number of fused-ring (bicyclic) bond motifs is 1. The second-order valence-corrected chi connectivity index (χ2v) is 7.72. The molecule has 2 atom stereocenters. The average molecular weight is 352 g/mol. The summed E-state index contributed by atoms with van der Waals surface area (Å²) in [6.45, 7) is 4.56. The number of likely N-dealkylation sites (tertiary alicyclic amines) is 2. The lowest BCUT2D eigenvalue weighted by Crippen LogP contribution is -2.35. The van der Waals surface area contributed by atoms with E-state index in [1.54, 1.807) is 19.1 Å². The van der Waals surface area contributed by atoms with Crippen LogP contribution >= 0.6 is 0 Å². The quantitative estimate of drug-likeness (QED) is 0.844. The van der Waals surface area contributed by atoms with Crippen molar-refractivity contribution < 1.29 is 9.18 Å². The zero-order valence-electron chi connectivity index (χ0n) is 15.4. The van der Waals surface area contributed by atoms with Crippen LogP contribution in [0, 0.1) is 18.7 Å². The van der Waals surface area contributed by atoms with Crippen LogP contribution in [-0.4, -0.2) is 48.4 Å². The minimum Gasteiger partial charge on any atom is -0.337 e. The van der Waals surface area contributed by atoms with Crippen molar-refractivity contribution in [2.75, 3.05) is 26.7 Å². The number of likely N-dealkylation sites (N-methyl/N-ethyl adjacent to an activating group) is 1. The number of hydrogen-bond acceptors (Lipinski definition) is 2. The largest absolute Gasteiger partial charge is 0.337 e. The van der Waals surface area contributed by atoms with E-state index in [9.17, 15) is 9.18 Å². The normalized spacial score (nSPS) is 22.7. The van der Waals surface area contributed by atoms with Gasteiger partial charge in [0.25, 0.3) is 5.91 Å². The Labute approximate surface area is 154 Å². The number of carbonyl (C=O) groups excluding carboxylic acids is 1. The van der Waals surface area contributed by atoms with E-state index in [4.69, 9.17) is 0 Å². The van der Waals surface area contributed by atoms with Gasteiger partial charge >= 0.3 is 0 Å². The van der Waals surface area contributed by atoms with Gasteiger partial charge in [-0.2, -0.15) is 0 Å². The predicted molar refractivity (Wildman–Crippen MR) is 101 cm³/mol. The number of amides is 1. The van der Waals surface area contributed by atoms with Crippen molar-refractivity contribution in [2.45, 2.75) is 25.8 Å². The van der Waals surface area contributed by atoms with Gasteiger partial charge in [0.05, 0.1) is 0 Å². The van der Waals surface area contributed by atoms with E-state index in [1.165, 1.54) is 6.42 Å². The van der Waals surface area contributed by atoms with Gasteiger partial charge in [0.1, 0.15) is 5.82 Å². The summed E-state index contributed by atoms with van der Waals surface area (Å²) < 4.78 is 13.9. The molecule has 0 bridgehead atoms. The second-order valence-electron chi connectivity index (χ2n) is 7.72. The number of nitrogens with zero attached hydrogens (tertiary/aromatic N) is 2. The van der Waals surface area contributed by atoms with Gasteiger partial charge in [-0.25, -0.2) is 4.39 Å². The highest BCUT2D eigenvalue weighted by atomic mass is 19.1. The maximum atomic E-state index is 13.9. The summed E-state index contributed by atoms with van der Waals surface area (Å²) in [5.41, 5.74) is 3.25. The summed E-state index contributed by atoms with van der Waals surface area (Å²) in [4.78, 5) is 17.5. The first-order valence-electron chi connectivity index (χ1n) is 9.35. The fraction of sp³-hybridized carbons (Fsp3) is 0.409. The molecule has 2 unspecified atom stereocenters. The highest BCUT2D eigenvalue weighted by molar-refractivity contribution is 5.96. The van der Waals surface area contributed by atoms with E-state index in [-0.39, 0.29) is 11.7 Å². The standard InChI is InChI=1S/C22H25FN2O/c1-15-7-8-16(12-20(15)23)11-17-5-3-4-6-19(17)22(26)25-13-18-9-10-24(2)21(18)14-25/h3-8,12,18,21H,9-11,13-14H2,1-2H3. The van der Waals surface area contributed by atoms with Gasteiger partial charge in [0.2, 0.25) is 0 Å². The zero-order chi connectivity index (χ0) is 18.3. The molecule has 0 radical (unpaired) electrons. The number of hydrogen-bond donors (Lipinski definition) is 0. The first-order valence-corrected chi connectivity index (χ1v) is 9.35. The Morgan fingerprint density at radius 3 is 2.77 bits per heavy atom. The van der Waals surface area contributed by atoms with Crippen molar-refractivity contribution in [1.29, 1.82) is 0 Å². The average Bonchev–Trinajstić information content (AvgIpc) is 3.20. The minimum absolute atomic E-state index is 0.107. The van der Waals surface area contributed by atoms with Crippen LogP contribution in [0.3, 0.4) is 0 Å². The van der Waals surface area contributed by atoms with Crippen LogP contribution in [0.5, 0.6) is 0 Å². The van der Waals surface area contributed by atoms with E-state index in [1.807, 2.05) is 35.2 Å². The summed E-state index contributed by atoms with van der Waals surface area (Å²) in [7, 11) is 2.15. The van der Waals surface area contributed by atoms with Crippen LogP contribution in [-0.2, 0) is 6.42 Å². The maximum Gasteiger partial charge on any atom is 0.254 e. The molecule has 1 amide bonds. The molecule has 136 valence electrons. The highest BCUT2D eigenvalue weighted by Gasteiger charge is 2.41. The molecule has 2 fully saturated rings. The van der Waals surface area contributed by atoms with Crippen molar-refractivity contribution in [3.05, 3.63) is 70.5 Å². The lowest BCUT2D eigenvalue weighted by atomic mass is 9.98. The summed E-state index contributed by atoms with van der Waals surface area (Å²) in [6, 6.07) is 13.6. The Morgan fingerprint density at radius 2 is 2.00 bits per heavy atom. The SMILES string of the molecule is Cc1ccc(Cc2ccccc2C(=O)N2CC3CCN(C)C3C2)cc1F. The molecule has 26 heavy (non-hydrogen) atoms. The van der Waals surface area contributed by atoms with E-state index < -0.39 is 0 Å². The summed E-state index contributed by atoms with van der Waals surface area (Å²) in [5, 5.41) is 0. The number of rotatable bonds is 3. The van der Waals surface area contributed by atoms with E-state index in [0.717, 1.165) is 36.3 Å². The van der Waals surface area contributed by atoms with Gasteiger partial charge < -0.3 is 9.80 Å². The summed E-state index contributed by atoms with van der Waals surface area (Å²) in [6.07, 6.45) is 1.74. The first kappa shape index (κ1) is 17.2. The fourth-order valence-electron chi connectivity index (χ4n) is 4.36. The molecule has 0 N–H and O–H groups in total. The van der Waals surface area contributed by atoms with Crippen molar-refractivity contribution in [1.82, 2.24) is 9.80 Å². The minimum atomic E-state index is -0.193. The third-order valence-corrected chi connectivity index (χ3v) is 5.99. The van der Waals surface area contributed by atoms with E-state index in [2.05, 4.69) is 11.9 Å². The fourth-order valence-corrected chi connectivity index (χ4v) is 4.36. The maximum absolute atomic E-state index is 13.9. The van der Waals surface area contributed by atoms with Gasteiger partial charge in [-0.15, -0.1) is 0 Å². The molecule has 0 saturated carbocycles. The smallest absolute Gasteiger partial charge is 0.254 e. The van der Waals surface area contributed by atoms with E-state index >= 15 is 0 Å². The van der Waals surface area contributed by atoms with Crippen molar-refractivity contribution >= 4 is 5.91 Å². The number of carbonyl (C=O) groups is 1. The summed E-state index contributed by atoms with van der Waals surface area (Å²) >= 11 is 0. The van der Waals surface area contributed by atoms with Crippen molar-refractivity contribution in [3.8, 4) is 0 Å². The van der Waals surface area contributed by atoms with Crippen LogP contribution in [0.25, 0.3) is 0 Å². The topological polar surface area (TPSA) is 23.6 Å². The van der Waals surface area contributed by atoms with Crippen molar-refractivity contribution in [2.24, 2.45) is 5.92 Å². The molecule has 2 heterocycles. The molecule has 0 aromatic heterocycles. The van der Waals surface area contributed by atoms with Gasteiger partial charge in [0, 0.05) is 24.7 Å². The third kappa shape index (κ3) is 3.14. The van der Waals surface area contributed by atoms with Gasteiger partial charge in [-0.1, -0.05) is 30.3 Å². The lowest BCUT2D eigenvalue weighted by molar-refractivity contribution is 0.0773. The van der Waals surface area contributed by atoms with Crippen LogP contribution in [0.4, 0.5) is 4.39 Å². The molecule has 3 nitrogen and oxygen atoms in total. The highest BCUT2D eigenvalue weighted by Crippen LogP contribution is 2.31. The van der Waals surface area contributed by atoms with Gasteiger partial charge in [-0.3, -0.25) is 4.79 Å². The van der Waals surface area contributed by atoms with Gasteiger partial charge in [-0.05, 0) is 68.1 Å². The van der Waals surface area contributed by atoms with Crippen LogP contribution < -0.4 is 0 Å². The second kappa shape index (κ2) is 6.84. The molecule has 2 aliphatic rings. The molecule has 0 spiro atoms. The number of halogens is 1. The molecular formula is C22H25FN2O. The van der Waals surface area contributed by atoms with Crippen LogP contribution in [0.1, 0.15) is 33.5 Å². The molecule has 2 saturated heterocycles. The Kier molecular flexibility index (Phi) is 4.53. The summed E-state index contributed by atoms with van der Waals surface area (Å²) in [5.74, 6) is 0.514. The molecule has 2 aliphatic heterocycles. The monoisotopic (exact) mass is 352 g/mol. The molecular weight excluding hydrogens is 327 g/mol. The van der Waals surface area contributed by atoms with Crippen LogP contribution in [0.2, 0.25) is 0 Å². The molecule has 2 aromatic rings. The lowest BCUT2D eigenvalue weighted by Gasteiger charge is -2.22. The molecule has 4 heteroatoms. The Bertz CT molecular complexity index is 835. The zero-order valence-corrected chi connectivity index (χ0v) is 15.4. The first-order chi connectivity index (χ1) is 12.5. The number of aryl methyl sites for hydroxylation is 1. The van der Waals surface area contributed by atoms with E-state index in [0.29, 0.717) is 23.9 Å². The Morgan fingerprint density at radius 1 is 1.19 bits per heavy atom. The molecule has 4 rings (SSSR count).